The first-order valence-corrected chi connectivity index (χ1v) is 9.25. The van der Waals surface area contributed by atoms with E-state index in [1.807, 2.05) is 0 Å². The van der Waals surface area contributed by atoms with Crippen molar-refractivity contribution in [3.05, 3.63) is 24.3 Å². The van der Waals surface area contributed by atoms with E-state index in [0.717, 1.165) is 26.1 Å². The normalized spacial score (nSPS) is 12.6. The lowest BCUT2D eigenvalue weighted by molar-refractivity contribution is 0.147. The summed E-state index contributed by atoms with van der Waals surface area (Å²) in [6, 6.07) is 6.07. The van der Waals surface area contributed by atoms with Crippen LogP contribution in [0.2, 0.25) is 0 Å². The molecule has 0 aliphatic carbocycles. The van der Waals surface area contributed by atoms with E-state index in [1.165, 1.54) is 12.1 Å². The average Bonchev–Trinajstić information content (AvgIpc) is 2.42. The smallest absolute Gasteiger partial charge is 0.238 e. The van der Waals surface area contributed by atoms with Crippen LogP contribution < -0.4 is 9.88 Å². The van der Waals surface area contributed by atoms with Gasteiger partial charge in [-0.3, -0.25) is 4.90 Å². The number of aliphatic hydroxyl groups excluding tert-OH is 1. The van der Waals surface area contributed by atoms with Crippen molar-refractivity contribution in [2.24, 2.45) is 10.6 Å². The topological polar surface area (TPSA) is 92.9 Å². The van der Waals surface area contributed by atoms with Gasteiger partial charge in [-0.1, -0.05) is 20.8 Å². The molecule has 1 rings (SSSR count). The Morgan fingerprint density at radius 1 is 1.17 bits per heavy atom. The van der Waals surface area contributed by atoms with Crippen LogP contribution in [0.5, 0.6) is 5.75 Å². The third-order valence-electron chi connectivity index (χ3n) is 3.16. The van der Waals surface area contributed by atoms with Crippen molar-refractivity contribution in [1.82, 2.24) is 4.90 Å². The Hall–Kier alpha value is -1.15. The van der Waals surface area contributed by atoms with Crippen LogP contribution in [0.3, 0.4) is 0 Å². The zero-order valence-electron chi connectivity index (χ0n) is 14.2. The van der Waals surface area contributed by atoms with Gasteiger partial charge < -0.3 is 9.84 Å². The van der Waals surface area contributed by atoms with Crippen LogP contribution in [0.4, 0.5) is 0 Å². The molecule has 3 N–H and O–H groups in total. The van der Waals surface area contributed by atoms with E-state index in [9.17, 15) is 8.42 Å². The molecule has 0 aromatic heterocycles. The fraction of sp³-hybridized carbons (Fsp3) is 0.625. The zero-order chi connectivity index (χ0) is 17.5. The maximum Gasteiger partial charge on any atom is 0.238 e. The molecule has 0 aliphatic rings. The summed E-state index contributed by atoms with van der Waals surface area (Å²) in [5.41, 5.74) is 0.173. The molecule has 132 valence electrons. The lowest BCUT2D eigenvalue weighted by Crippen LogP contribution is -2.36. The van der Waals surface area contributed by atoms with Crippen LogP contribution in [0, 0.1) is 5.41 Å². The second-order valence-electron chi connectivity index (χ2n) is 6.78. The van der Waals surface area contributed by atoms with Crippen LogP contribution in [-0.2, 0) is 10.0 Å². The number of aliphatic hydroxyl groups is 1. The van der Waals surface area contributed by atoms with Crippen LogP contribution in [0.1, 0.15) is 27.2 Å². The summed E-state index contributed by atoms with van der Waals surface area (Å²) in [7, 11) is -3.67. The summed E-state index contributed by atoms with van der Waals surface area (Å²) >= 11 is 0. The highest BCUT2D eigenvalue weighted by Crippen LogP contribution is 2.17. The maximum atomic E-state index is 11.2. The fourth-order valence-corrected chi connectivity index (χ4v) is 2.77. The van der Waals surface area contributed by atoms with E-state index in [-0.39, 0.29) is 16.9 Å². The minimum absolute atomic E-state index is 0.0714. The molecule has 0 spiro atoms. The van der Waals surface area contributed by atoms with Gasteiger partial charge in [-0.05, 0) is 36.1 Å². The Kier molecular flexibility index (Phi) is 7.47. The first kappa shape index (κ1) is 19.9. The molecule has 0 saturated heterocycles. The van der Waals surface area contributed by atoms with Crippen molar-refractivity contribution in [1.29, 1.82) is 0 Å². The first-order chi connectivity index (χ1) is 10.6. The predicted octanol–water partition coefficient (Wildman–Crippen LogP) is 1.44. The lowest BCUT2D eigenvalue weighted by Gasteiger charge is -2.29. The number of hydrogen-bond acceptors (Lipinski definition) is 5. The summed E-state index contributed by atoms with van der Waals surface area (Å²) < 4.78 is 28.0. The lowest BCUT2D eigenvalue weighted by atomic mass is 9.96. The van der Waals surface area contributed by atoms with E-state index in [4.69, 9.17) is 15.0 Å². The van der Waals surface area contributed by atoms with Crippen molar-refractivity contribution in [3.63, 3.8) is 0 Å². The molecule has 1 aromatic rings. The molecule has 1 aromatic carbocycles. The SMILES string of the molecule is CC(C)(C)CN(CCCO)CCOc1ccc(S(N)(=O)=O)cc1. The number of sulfonamides is 1. The monoisotopic (exact) mass is 344 g/mol. The Morgan fingerprint density at radius 3 is 2.26 bits per heavy atom. The predicted molar refractivity (Wildman–Crippen MR) is 90.9 cm³/mol. The summed E-state index contributed by atoms with van der Waals surface area (Å²) in [5.74, 6) is 0.607. The van der Waals surface area contributed by atoms with Crippen molar-refractivity contribution in [2.75, 3.05) is 32.8 Å². The summed E-state index contributed by atoms with van der Waals surface area (Å²) in [6.45, 7) is 9.67. The van der Waals surface area contributed by atoms with Crippen LogP contribution in [0.15, 0.2) is 29.2 Å². The summed E-state index contributed by atoms with van der Waals surface area (Å²) in [4.78, 5) is 2.33. The van der Waals surface area contributed by atoms with Crippen molar-refractivity contribution in [3.8, 4) is 5.75 Å². The molecule has 7 heteroatoms. The maximum absolute atomic E-state index is 11.2. The Morgan fingerprint density at radius 2 is 1.78 bits per heavy atom. The third kappa shape index (κ3) is 8.31. The highest BCUT2D eigenvalue weighted by atomic mass is 32.2. The van der Waals surface area contributed by atoms with E-state index in [1.54, 1.807) is 12.1 Å². The van der Waals surface area contributed by atoms with Gasteiger partial charge >= 0.3 is 0 Å². The minimum atomic E-state index is -3.67. The zero-order valence-corrected chi connectivity index (χ0v) is 15.0. The standard InChI is InChI=1S/C16H28N2O4S/c1-16(2,3)13-18(9-4-11-19)10-12-22-14-5-7-15(8-6-14)23(17,20)21/h5-8,19H,4,9-13H2,1-3H3,(H2,17,20,21). The minimum Gasteiger partial charge on any atom is -0.492 e. The number of benzene rings is 1. The molecule has 23 heavy (non-hydrogen) atoms. The van der Waals surface area contributed by atoms with Gasteiger partial charge in [0.1, 0.15) is 12.4 Å². The molecular weight excluding hydrogens is 316 g/mol. The van der Waals surface area contributed by atoms with Gasteiger partial charge in [0.2, 0.25) is 10.0 Å². The summed E-state index contributed by atoms with van der Waals surface area (Å²) in [5, 5.41) is 14.0. The number of ether oxygens (including phenoxy) is 1. The second kappa shape index (κ2) is 8.63. The highest BCUT2D eigenvalue weighted by molar-refractivity contribution is 7.89. The second-order valence-corrected chi connectivity index (χ2v) is 8.34. The average molecular weight is 344 g/mol. The highest BCUT2D eigenvalue weighted by Gasteiger charge is 2.16. The largest absolute Gasteiger partial charge is 0.492 e. The number of hydrogen-bond donors (Lipinski definition) is 2. The molecule has 0 amide bonds. The molecule has 0 aliphatic heterocycles. The van der Waals surface area contributed by atoms with E-state index < -0.39 is 10.0 Å². The Balaban J connectivity index is 2.52. The van der Waals surface area contributed by atoms with Gasteiger partial charge in [-0.25, -0.2) is 13.6 Å². The third-order valence-corrected chi connectivity index (χ3v) is 4.09. The van der Waals surface area contributed by atoms with Crippen molar-refractivity contribution in [2.45, 2.75) is 32.1 Å². The molecule has 0 unspecified atom stereocenters. The Bertz CT molecular complexity index is 565. The van der Waals surface area contributed by atoms with Gasteiger partial charge in [0.25, 0.3) is 0 Å². The van der Waals surface area contributed by atoms with E-state index in [0.29, 0.717) is 12.4 Å². The molecule has 6 nitrogen and oxygen atoms in total. The molecule has 0 fully saturated rings. The molecule has 0 bridgehead atoms. The van der Waals surface area contributed by atoms with Gasteiger partial charge in [0, 0.05) is 26.2 Å². The van der Waals surface area contributed by atoms with Gasteiger partial charge in [0.15, 0.2) is 0 Å². The Labute approximate surface area is 139 Å². The van der Waals surface area contributed by atoms with E-state index in [2.05, 4.69) is 25.7 Å². The fourth-order valence-electron chi connectivity index (χ4n) is 2.25. The first-order valence-electron chi connectivity index (χ1n) is 7.71. The molecule has 0 radical (unpaired) electrons. The molecule has 0 heterocycles. The number of nitrogens with two attached hydrogens (primary N) is 1. The van der Waals surface area contributed by atoms with E-state index >= 15 is 0 Å². The van der Waals surface area contributed by atoms with Crippen molar-refractivity contribution >= 4 is 10.0 Å². The van der Waals surface area contributed by atoms with Crippen LogP contribution in [0.25, 0.3) is 0 Å². The van der Waals surface area contributed by atoms with Crippen LogP contribution >= 0.6 is 0 Å². The number of nitrogens with zero attached hydrogens (tertiary/aromatic N) is 1. The van der Waals surface area contributed by atoms with Gasteiger partial charge in [-0.15, -0.1) is 0 Å². The summed E-state index contributed by atoms with van der Waals surface area (Å²) in [6.07, 6.45) is 0.735. The molecular formula is C16H28N2O4S. The molecule has 0 saturated carbocycles. The van der Waals surface area contributed by atoms with Crippen molar-refractivity contribution < 1.29 is 18.3 Å². The van der Waals surface area contributed by atoms with Gasteiger partial charge in [-0.2, -0.15) is 0 Å². The van der Waals surface area contributed by atoms with Crippen LogP contribution in [-0.4, -0.2) is 51.3 Å². The number of primary sulfonamides is 1. The molecule has 0 atom stereocenters. The number of rotatable bonds is 9. The van der Waals surface area contributed by atoms with Gasteiger partial charge in [0.05, 0.1) is 4.90 Å². The quantitative estimate of drug-likeness (QED) is 0.707.